The highest BCUT2D eigenvalue weighted by Gasteiger charge is 2.04. The van der Waals surface area contributed by atoms with Crippen LogP contribution >= 0.6 is 11.8 Å². The molecule has 0 aliphatic heterocycles. The van der Waals surface area contributed by atoms with Crippen molar-refractivity contribution in [3.8, 4) is 0 Å². The highest BCUT2D eigenvalue weighted by molar-refractivity contribution is 7.99. The summed E-state index contributed by atoms with van der Waals surface area (Å²) in [6.45, 7) is 1.93. The average molecular weight is 240 g/mol. The normalized spacial score (nSPS) is 12.2. The van der Waals surface area contributed by atoms with Gasteiger partial charge in [-0.2, -0.15) is 0 Å². The van der Waals surface area contributed by atoms with Gasteiger partial charge in [-0.3, -0.25) is 4.79 Å². The molecule has 0 unspecified atom stereocenters. The maximum Gasteiger partial charge on any atom is 0.306 e. The number of carbonyl (C=O) groups excluding carboxylic acids is 1. The number of ether oxygens (including phenoxy) is 1. The number of esters is 1. The van der Waals surface area contributed by atoms with Crippen LogP contribution in [0.25, 0.3) is 0 Å². The van der Waals surface area contributed by atoms with Gasteiger partial charge < -0.3 is 10.5 Å². The van der Waals surface area contributed by atoms with Crippen molar-refractivity contribution in [2.75, 3.05) is 12.9 Å². The summed E-state index contributed by atoms with van der Waals surface area (Å²) >= 11 is 1.53. The molecule has 0 radical (unpaired) electrons. The van der Waals surface area contributed by atoms with Crippen LogP contribution < -0.4 is 5.73 Å². The van der Waals surface area contributed by atoms with Gasteiger partial charge >= 0.3 is 5.97 Å². The van der Waals surface area contributed by atoms with Gasteiger partial charge in [0.1, 0.15) is 0 Å². The summed E-state index contributed by atoms with van der Waals surface area (Å²) in [6.07, 6.45) is 2.13. The summed E-state index contributed by atoms with van der Waals surface area (Å²) in [5, 5.41) is 0.888. The molecule has 1 atom stereocenters. The quantitative estimate of drug-likeness (QED) is 0.627. The fraction of sp³-hybridized carbons (Fsp3) is 0.455. The zero-order valence-electron chi connectivity index (χ0n) is 9.47. The summed E-state index contributed by atoms with van der Waals surface area (Å²) < 4.78 is 4.56. The zero-order chi connectivity index (χ0) is 12.0. The van der Waals surface area contributed by atoms with Crippen molar-refractivity contribution in [1.29, 1.82) is 0 Å². The van der Waals surface area contributed by atoms with Gasteiger partial charge in [0.15, 0.2) is 0 Å². The van der Waals surface area contributed by atoms with E-state index in [4.69, 9.17) is 5.73 Å². The molecule has 0 aliphatic carbocycles. The van der Waals surface area contributed by atoms with E-state index >= 15 is 0 Å². The molecule has 16 heavy (non-hydrogen) atoms. The van der Waals surface area contributed by atoms with Crippen LogP contribution in [0.2, 0.25) is 0 Å². The van der Waals surface area contributed by atoms with E-state index in [9.17, 15) is 4.79 Å². The number of pyridine rings is 1. The lowest BCUT2D eigenvalue weighted by Gasteiger charge is -2.06. The van der Waals surface area contributed by atoms with E-state index in [-0.39, 0.29) is 12.0 Å². The number of hydrogen-bond acceptors (Lipinski definition) is 5. The van der Waals surface area contributed by atoms with Crippen LogP contribution in [0.4, 0.5) is 0 Å². The third-order valence-electron chi connectivity index (χ3n) is 2.07. The summed E-state index contributed by atoms with van der Waals surface area (Å²) in [4.78, 5) is 15.1. The molecule has 2 N–H and O–H groups in total. The van der Waals surface area contributed by atoms with Crippen LogP contribution in [0.5, 0.6) is 0 Å². The molecule has 1 rings (SSSR count). The highest BCUT2D eigenvalue weighted by atomic mass is 32.2. The molecule has 0 aliphatic rings. The maximum absolute atomic E-state index is 10.9. The van der Waals surface area contributed by atoms with Gasteiger partial charge in [0.2, 0.25) is 0 Å². The SMILES string of the molecule is COC(=O)CCSc1cc([C@H](C)N)ccn1. The number of methoxy groups -OCH3 is 1. The molecule has 0 fully saturated rings. The molecule has 0 spiro atoms. The molecule has 0 saturated heterocycles. The first kappa shape index (κ1) is 13.0. The average Bonchev–Trinajstić information content (AvgIpc) is 2.29. The molecule has 1 aromatic rings. The molecule has 1 aromatic heterocycles. The smallest absolute Gasteiger partial charge is 0.306 e. The van der Waals surface area contributed by atoms with Crippen LogP contribution in [0.1, 0.15) is 24.9 Å². The number of aromatic nitrogens is 1. The Hall–Kier alpha value is -1.07. The van der Waals surface area contributed by atoms with Crippen molar-refractivity contribution in [1.82, 2.24) is 4.98 Å². The van der Waals surface area contributed by atoms with E-state index in [0.717, 1.165) is 10.6 Å². The number of nitrogens with two attached hydrogens (primary N) is 1. The van der Waals surface area contributed by atoms with Crippen molar-refractivity contribution < 1.29 is 9.53 Å². The van der Waals surface area contributed by atoms with Crippen LogP contribution in [-0.2, 0) is 9.53 Å². The first-order chi connectivity index (χ1) is 7.63. The second-order valence-electron chi connectivity index (χ2n) is 3.39. The van der Waals surface area contributed by atoms with Crippen molar-refractivity contribution >= 4 is 17.7 Å². The monoisotopic (exact) mass is 240 g/mol. The molecule has 88 valence electrons. The minimum Gasteiger partial charge on any atom is -0.469 e. The van der Waals surface area contributed by atoms with Crippen molar-refractivity contribution in [2.24, 2.45) is 5.73 Å². The van der Waals surface area contributed by atoms with Crippen molar-refractivity contribution in [3.05, 3.63) is 23.9 Å². The van der Waals surface area contributed by atoms with E-state index in [0.29, 0.717) is 12.2 Å². The molecule has 1 heterocycles. The fourth-order valence-corrected chi connectivity index (χ4v) is 1.96. The largest absolute Gasteiger partial charge is 0.469 e. The second kappa shape index (κ2) is 6.50. The maximum atomic E-state index is 10.9. The zero-order valence-corrected chi connectivity index (χ0v) is 10.3. The number of carbonyl (C=O) groups is 1. The lowest BCUT2D eigenvalue weighted by molar-refractivity contribution is -0.140. The Labute approximate surface area is 99.6 Å². The molecule has 0 amide bonds. The number of rotatable bonds is 5. The van der Waals surface area contributed by atoms with Gasteiger partial charge in [-0.1, -0.05) is 0 Å². The fourth-order valence-electron chi connectivity index (χ4n) is 1.13. The Morgan fingerprint density at radius 1 is 1.69 bits per heavy atom. The van der Waals surface area contributed by atoms with Gasteiger partial charge in [0, 0.05) is 18.0 Å². The molecule has 4 nitrogen and oxygen atoms in total. The van der Waals surface area contributed by atoms with E-state index < -0.39 is 0 Å². The summed E-state index contributed by atoms with van der Waals surface area (Å²) in [6, 6.07) is 3.85. The summed E-state index contributed by atoms with van der Waals surface area (Å²) in [5.74, 6) is 0.470. The highest BCUT2D eigenvalue weighted by Crippen LogP contribution is 2.19. The number of nitrogens with zero attached hydrogens (tertiary/aromatic N) is 1. The molecule has 0 saturated carbocycles. The lowest BCUT2D eigenvalue weighted by Crippen LogP contribution is -2.05. The number of thioether (sulfide) groups is 1. The summed E-state index contributed by atoms with van der Waals surface area (Å²) in [5.41, 5.74) is 6.82. The van der Waals surface area contributed by atoms with Gasteiger partial charge in [-0.15, -0.1) is 11.8 Å². The van der Waals surface area contributed by atoms with Gasteiger partial charge in [-0.25, -0.2) is 4.98 Å². The van der Waals surface area contributed by atoms with Crippen LogP contribution in [0, 0.1) is 0 Å². The van der Waals surface area contributed by atoms with E-state index in [1.54, 1.807) is 6.20 Å². The third-order valence-corrected chi connectivity index (χ3v) is 3.00. The van der Waals surface area contributed by atoms with Gasteiger partial charge in [0.05, 0.1) is 18.6 Å². The molecular formula is C11H16N2O2S. The summed E-state index contributed by atoms with van der Waals surface area (Å²) in [7, 11) is 1.39. The van der Waals surface area contributed by atoms with E-state index in [1.165, 1.54) is 18.9 Å². The Balaban J connectivity index is 2.48. The molecular weight excluding hydrogens is 224 g/mol. The molecule has 5 heteroatoms. The van der Waals surface area contributed by atoms with E-state index in [2.05, 4.69) is 9.72 Å². The van der Waals surface area contributed by atoms with Crippen LogP contribution in [-0.4, -0.2) is 23.8 Å². The predicted molar refractivity (Wildman–Crippen MR) is 64.2 cm³/mol. The topological polar surface area (TPSA) is 65.2 Å². The Kier molecular flexibility index (Phi) is 5.28. The van der Waals surface area contributed by atoms with Gasteiger partial charge in [0.25, 0.3) is 0 Å². The van der Waals surface area contributed by atoms with Crippen molar-refractivity contribution in [3.63, 3.8) is 0 Å². The Morgan fingerprint density at radius 2 is 2.44 bits per heavy atom. The Morgan fingerprint density at radius 3 is 3.06 bits per heavy atom. The van der Waals surface area contributed by atoms with Crippen LogP contribution in [0.15, 0.2) is 23.4 Å². The predicted octanol–water partition coefficient (Wildman–Crippen LogP) is 1.76. The van der Waals surface area contributed by atoms with Crippen LogP contribution in [0.3, 0.4) is 0 Å². The van der Waals surface area contributed by atoms with E-state index in [1.807, 2.05) is 19.1 Å². The minimum absolute atomic E-state index is 0.00274. The second-order valence-corrected chi connectivity index (χ2v) is 4.51. The third kappa shape index (κ3) is 4.20. The first-order valence-corrected chi connectivity index (χ1v) is 6.03. The first-order valence-electron chi connectivity index (χ1n) is 5.04. The molecule has 0 aromatic carbocycles. The molecule has 0 bridgehead atoms. The lowest BCUT2D eigenvalue weighted by atomic mass is 10.1. The Bertz CT molecular complexity index is 356. The number of hydrogen-bond donors (Lipinski definition) is 1. The van der Waals surface area contributed by atoms with Crippen molar-refractivity contribution in [2.45, 2.75) is 24.4 Å². The minimum atomic E-state index is -0.198. The standard InChI is InChI=1S/C11H16N2O2S/c1-8(12)9-3-5-13-10(7-9)16-6-4-11(14)15-2/h3,5,7-8H,4,6,12H2,1-2H3/t8-/m0/s1. The van der Waals surface area contributed by atoms with Gasteiger partial charge in [-0.05, 0) is 24.6 Å².